The van der Waals surface area contributed by atoms with Gasteiger partial charge in [0.15, 0.2) is 5.69 Å². The van der Waals surface area contributed by atoms with E-state index >= 15 is 0 Å². The van der Waals surface area contributed by atoms with Gasteiger partial charge in [0.2, 0.25) is 0 Å². The van der Waals surface area contributed by atoms with E-state index in [4.69, 9.17) is 21.1 Å². The molecule has 1 saturated heterocycles. The van der Waals surface area contributed by atoms with E-state index in [9.17, 15) is 4.79 Å². The summed E-state index contributed by atoms with van der Waals surface area (Å²) in [5.74, 6) is 0.524. The minimum Gasteiger partial charge on any atom is -0.495 e. The topological polar surface area (TPSA) is 90.3 Å². The number of hydrogen-bond donors (Lipinski definition) is 2. The molecule has 0 saturated carbocycles. The second kappa shape index (κ2) is 9.25. The Bertz CT molecular complexity index is 806. The normalized spacial score (nSPS) is 14.4. The van der Waals surface area contributed by atoms with Crippen molar-refractivity contribution in [3.63, 3.8) is 0 Å². The van der Waals surface area contributed by atoms with Crippen molar-refractivity contribution in [2.24, 2.45) is 0 Å². The van der Waals surface area contributed by atoms with Crippen LogP contribution in [0.3, 0.4) is 0 Å². The number of methoxy groups -OCH3 is 2. The lowest BCUT2D eigenvalue weighted by atomic mass is 10.1. The lowest BCUT2D eigenvalue weighted by Gasteiger charge is -2.23. The Morgan fingerprint density at radius 1 is 1.26 bits per heavy atom. The van der Waals surface area contributed by atoms with Crippen molar-refractivity contribution < 1.29 is 14.3 Å². The van der Waals surface area contributed by atoms with Gasteiger partial charge in [-0.2, -0.15) is 0 Å². The van der Waals surface area contributed by atoms with Crippen LogP contribution in [0.2, 0.25) is 5.02 Å². The molecule has 10 heteroatoms. The van der Waals surface area contributed by atoms with Crippen LogP contribution in [0.1, 0.15) is 35.1 Å². The van der Waals surface area contributed by atoms with Gasteiger partial charge < -0.3 is 20.1 Å². The van der Waals surface area contributed by atoms with E-state index in [0.29, 0.717) is 27.9 Å². The molecule has 8 nitrogen and oxygen atoms in total. The number of rotatable bonds is 5. The van der Waals surface area contributed by atoms with Crippen molar-refractivity contribution in [1.29, 1.82) is 0 Å². The van der Waals surface area contributed by atoms with Crippen LogP contribution in [0, 0.1) is 6.92 Å². The predicted octanol–water partition coefficient (Wildman–Crippen LogP) is 2.86. The molecule has 2 N–H and O–H groups in total. The Morgan fingerprint density at radius 3 is 2.56 bits per heavy atom. The lowest BCUT2D eigenvalue weighted by Crippen LogP contribution is -2.30. The first kappa shape index (κ1) is 21.3. The number of nitrogens with one attached hydrogen (secondary N) is 2. The standard InChI is InChI=1S/C17H22ClN5O3.ClH/c1-10-16(21-22-23(10)11-4-6-19-7-5-11)17(24)20-13-9-14(25-2)12(18)8-15(13)26-3;/h8-9,11,19H,4-7H2,1-3H3,(H,20,24);1H. The highest BCUT2D eigenvalue weighted by Crippen LogP contribution is 2.36. The van der Waals surface area contributed by atoms with Crippen molar-refractivity contribution in [2.75, 3.05) is 32.6 Å². The van der Waals surface area contributed by atoms with Gasteiger partial charge >= 0.3 is 0 Å². The molecule has 0 bridgehead atoms. The molecule has 27 heavy (non-hydrogen) atoms. The van der Waals surface area contributed by atoms with E-state index in [0.717, 1.165) is 31.6 Å². The van der Waals surface area contributed by atoms with Crippen molar-refractivity contribution >= 4 is 35.6 Å². The number of nitrogens with zero attached hydrogens (tertiary/aromatic N) is 3. The molecule has 1 amide bonds. The Hall–Kier alpha value is -2.03. The SMILES string of the molecule is COc1cc(NC(=O)c2nnn(C3CCNCC3)c2C)c(OC)cc1Cl.Cl. The molecule has 1 fully saturated rings. The molecule has 1 aromatic heterocycles. The summed E-state index contributed by atoms with van der Waals surface area (Å²) in [6.45, 7) is 3.73. The largest absolute Gasteiger partial charge is 0.495 e. The number of piperidine rings is 1. The summed E-state index contributed by atoms with van der Waals surface area (Å²) in [5.41, 5.74) is 1.49. The molecule has 148 valence electrons. The van der Waals surface area contributed by atoms with Gasteiger partial charge in [-0.1, -0.05) is 16.8 Å². The fraction of sp³-hybridized carbons (Fsp3) is 0.471. The minimum atomic E-state index is -0.356. The number of aromatic nitrogens is 3. The monoisotopic (exact) mass is 415 g/mol. The molecular formula is C17H23Cl2N5O3. The number of amides is 1. The van der Waals surface area contributed by atoms with Gasteiger partial charge in [0.1, 0.15) is 11.5 Å². The number of hydrogen-bond acceptors (Lipinski definition) is 6. The molecule has 2 heterocycles. The summed E-state index contributed by atoms with van der Waals surface area (Å²) in [7, 11) is 3.01. The van der Waals surface area contributed by atoms with Gasteiger partial charge in [0.25, 0.3) is 5.91 Å². The van der Waals surface area contributed by atoms with Gasteiger partial charge in [-0.15, -0.1) is 17.5 Å². The molecule has 3 rings (SSSR count). The van der Waals surface area contributed by atoms with Crippen LogP contribution >= 0.6 is 24.0 Å². The summed E-state index contributed by atoms with van der Waals surface area (Å²) in [5, 5.41) is 14.8. The zero-order chi connectivity index (χ0) is 18.7. The molecule has 0 unspecified atom stereocenters. The summed E-state index contributed by atoms with van der Waals surface area (Å²) in [6.07, 6.45) is 1.93. The van der Waals surface area contributed by atoms with Gasteiger partial charge in [0, 0.05) is 12.1 Å². The molecule has 1 aliphatic rings. The fourth-order valence-electron chi connectivity index (χ4n) is 3.09. The third-order valence-electron chi connectivity index (χ3n) is 4.52. The highest BCUT2D eigenvalue weighted by Gasteiger charge is 2.23. The first-order chi connectivity index (χ1) is 12.5. The van der Waals surface area contributed by atoms with Crippen LogP contribution in [0.15, 0.2) is 12.1 Å². The zero-order valence-corrected chi connectivity index (χ0v) is 17.0. The average Bonchev–Trinajstić information content (AvgIpc) is 3.05. The molecule has 0 spiro atoms. The van der Waals surface area contributed by atoms with Crippen LogP contribution in [-0.2, 0) is 0 Å². The summed E-state index contributed by atoms with van der Waals surface area (Å²) < 4.78 is 12.3. The molecule has 0 aliphatic carbocycles. The van der Waals surface area contributed by atoms with Crippen LogP contribution in [-0.4, -0.2) is 48.2 Å². The first-order valence-electron chi connectivity index (χ1n) is 8.40. The van der Waals surface area contributed by atoms with Crippen LogP contribution in [0.25, 0.3) is 0 Å². The highest BCUT2D eigenvalue weighted by atomic mass is 35.5. The predicted molar refractivity (Wildman–Crippen MR) is 106 cm³/mol. The first-order valence-corrected chi connectivity index (χ1v) is 8.78. The molecule has 1 aliphatic heterocycles. The van der Waals surface area contributed by atoms with E-state index in [1.54, 1.807) is 12.1 Å². The van der Waals surface area contributed by atoms with E-state index in [1.807, 2.05) is 11.6 Å². The fourth-order valence-corrected chi connectivity index (χ4v) is 3.32. The number of benzene rings is 1. The Labute approximate surface area is 169 Å². The quantitative estimate of drug-likeness (QED) is 0.779. The molecule has 0 radical (unpaired) electrons. The average molecular weight is 416 g/mol. The Morgan fingerprint density at radius 2 is 1.93 bits per heavy atom. The van der Waals surface area contributed by atoms with E-state index < -0.39 is 0 Å². The van der Waals surface area contributed by atoms with Crippen LogP contribution in [0.4, 0.5) is 5.69 Å². The number of ether oxygens (including phenoxy) is 2. The third kappa shape index (κ3) is 4.45. The lowest BCUT2D eigenvalue weighted by molar-refractivity contribution is 0.102. The smallest absolute Gasteiger partial charge is 0.278 e. The van der Waals surface area contributed by atoms with E-state index in [2.05, 4.69) is 20.9 Å². The second-order valence-corrected chi connectivity index (χ2v) is 6.50. The zero-order valence-electron chi connectivity index (χ0n) is 15.4. The summed E-state index contributed by atoms with van der Waals surface area (Å²) in [6, 6.07) is 3.47. The van der Waals surface area contributed by atoms with Gasteiger partial charge in [-0.3, -0.25) is 4.79 Å². The van der Waals surface area contributed by atoms with E-state index in [1.165, 1.54) is 14.2 Å². The summed E-state index contributed by atoms with van der Waals surface area (Å²) >= 11 is 6.10. The Balaban J connectivity index is 0.00000261. The van der Waals surface area contributed by atoms with Crippen molar-refractivity contribution in [1.82, 2.24) is 20.3 Å². The van der Waals surface area contributed by atoms with E-state index in [-0.39, 0.29) is 24.4 Å². The van der Waals surface area contributed by atoms with Crippen molar-refractivity contribution in [3.05, 3.63) is 28.5 Å². The number of carbonyl (C=O) groups is 1. The number of halogens is 2. The number of anilines is 1. The summed E-state index contributed by atoms with van der Waals surface area (Å²) in [4.78, 5) is 12.7. The van der Waals surface area contributed by atoms with Crippen LogP contribution < -0.4 is 20.1 Å². The second-order valence-electron chi connectivity index (χ2n) is 6.09. The van der Waals surface area contributed by atoms with Crippen molar-refractivity contribution in [2.45, 2.75) is 25.8 Å². The third-order valence-corrected chi connectivity index (χ3v) is 4.81. The Kier molecular flexibility index (Phi) is 7.29. The molecule has 2 aromatic rings. The van der Waals surface area contributed by atoms with Gasteiger partial charge in [0.05, 0.1) is 36.7 Å². The highest BCUT2D eigenvalue weighted by molar-refractivity contribution is 6.32. The maximum absolute atomic E-state index is 12.7. The molecular weight excluding hydrogens is 393 g/mol. The molecule has 0 atom stereocenters. The van der Waals surface area contributed by atoms with Gasteiger partial charge in [-0.25, -0.2) is 4.68 Å². The number of carbonyl (C=O) groups excluding carboxylic acids is 1. The van der Waals surface area contributed by atoms with Crippen LogP contribution in [0.5, 0.6) is 11.5 Å². The maximum Gasteiger partial charge on any atom is 0.278 e. The van der Waals surface area contributed by atoms with Crippen molar-refractivity contribution in [3.8, 4) is 11.5 Å². The maximum atomic E-state index is 12.7. The van der Waals surface area contributed by atoms with Gasteiger partial charge in [-0.05, 0) is 32.9 Å². The minimum absolute atomic E-state index is 0. The molecule has 1 aromatic carbocycles.